The van der Waals surface area contributed by atoms with Gasteiger partial charge in [0.2, 0.25) is 5.91 Å². The van der Waals surface area contributed by atoms with Gasteiger partial charge in [-0.1, -0.05) is 44.2 Å². The highest BCUT2D eigenvalue weighted by Crippen LogP contribution is 2.27. The third-order valence-corrected chi connectivity index (χ3v) is 5.64. The summed E-state index contributed by atoms with van der Waals surface area (Å²) in [7, 11) is 0. The molecule has 2 fully saturated rings. The Hall–Kier alpha value is -1.39. The molecule has 0 radical (unpaired) electrons. The quantitative estimate of drug-likeness (QED) is 0.841. The van der Waals surface area contributed by atoms with E-state index in [1.165, 1.54) is 0 Å². The van der Waals surface area contributed by atoms with Gasteiger partial charge in [0.15, 0.2) is 0 Å². The molecule has 1 unspecified atom stereocenters. The maximum absolute atomic E-state index is 13.3. The Labute approximate surface area is 152 Å². The van der Waals surface area contributed by atoms with E-state index in [-0.39, 0.29) is 5.92 Å². The van der Waals surface area contributed by atoms with E-state index in [1.807, 2.05) is 18.2 Å². The molecule has 2 heterocycles. The lowest BCUT2D eigenvalue weighted by Crippen LogP contribution is -2.43. The molecule has 0 saturated carbocycles. The molecule has 0 spiro atoms. The minimum atomic E-state index is -0.0316. The maximum atomic E-state index is 13.3. The van der Waals surface area contributed by atoms with Gasteiger partial charge in [-0.05, 0) is 30.7 Å². The third-order valence-electron chi connectivity index (χ3n) is 5.64. The molecule has 25 heavy (non-hydrogen) atoms. The molecule has 0 aromatic heterocycles. The second-order valence-electron chi connectivity index (χ2n) is 7.69. The highest BCUT2D eigenvalue weighted by atomic mass is 16.5. The molecular formula is C21H32N2O2. The first-order valence-electron chi connectivity index (χ1n) is 9.82. The standard InChI is InChI=1S/C21H32N2O2/c1-17(2)20(18-7-4-3-5-8-18)21(24)23-12-6-11-22(13-14-23)19-9-15-25-16-10-19/h3-5,7-8,17,19-20H,6,9-16H2,1-2H3. The van der Waals surface area contributed by atoms with Gasteiger partial charge in [-0.15, -0.1) is 0 Å². The van der Waals surface area contributed by atoms with E-state index in [1.54, 1.807) is 0 Å². The van der Waals surface area contributed by atoms with E-state index in [9.17, 15) is 4.79 Å². The lowest BCUT2D eigenvalue weighted by molar-refractivity contribution is -0.133. The number of hydrogen-bond acceptors (Lipinski definition) is 3. The number of carbonyl (C=O) groups excluding carboxylic acids is 1. The lowest BCUT2D eigenvalue weighted by Gasteiger charge is -2.33. The molecule has 0 N–H and O–H groups in total. The maximum Gasteiger partial charge on any atom is 0.230 e. The molecule has 3 rings (SSSR count). The first-order chi connectivity index (χ1) is 12.2. The third kappa shape index (κ3) is 4.62. The van der Waals surface area contributed by atoms with Crippen molar-refractivity contribution in [1.82, 2.24) is 9.80 Å². The van der Waals surface area contributed by atoms with Crippen LogP contribution < -0.4 is 0 Å². The zero-order valence-corrected chi connectivity index (χ0v) is 15.7. The summed E-state index contributed by atoms with van der Waals surface area (Å²) in [6.45, 7) is 9.91. The Bertz CT molecular complexity index is 540. The van der Waals surface area contributed by atoms with Crippen LogP contribution in [-0.4, -0.2) is 61.1 Å². The van der Waals surface area contributed by atoms with Crippen LogP contribution in [0.1, 0.15) is 44.6 Å². The normalized spacial score (nSPS) is 22.0. The minimum Gasteiger partial charge on any atom is -0.381 e. The van der Waals surface area contributed by atoms with Crippen molar-refractivity contribution >= 4 is 5.91 Å². The van der Waals surface area contributed by atoms with Crippen LogP contribution in [0.25, 0.3) is 0 Å². The topological polar surface area (TPSA) is 32.8 Å². The van der Waals surface area contributed by atoms with E-state index in [0.29, 0.717) is 17.9 Å². The van der Waals surface area contributed by atoms with Crippen LogP contribution in [0.4, 0.5) is 0 Å². The number of carbonyl (C=O) groups is 1. The molecule has 1 aromatic rings. The predicted molar refractivity (Wildman–Crippen MR) is 101 cm³/mol. The second-order valence-corrected chi connectivity index (χ2v) is 7.69. The zero-order chi connectivity index (χ0) is 17.6. The van der Waals surface area contributed by atoms with Gasteiger partial charge in [-0.2, -0.15) is 0 Å². The molecule has 2 aliphatic rings. The monoisotopic (exact) mass is 344 g/mol. The van der Waals surface area contributed by atoms with Crippen LogP contribution >= 0.6 is 0 Å². The number of amides is 1. The smallest absolute Gasteiger partial charge is 0.230 e. The van der Waals surface area contributed by atoms with Crippen molar-refractivity contribution in [3.8, 4) is 0 Å². The Balaban J connectivity index is 1.65. The van der Waals surface area contributed by atoms with E-state index in [0.717, 1.165) is 64.2 Å². The van der Waals surface area contributed by atoms with E-state index < -0.39 is 0 Å². The number of ether oxygens (including phenoxy) is 1. The van der Waals surface area contributed by atoms with Gasteiger partial charge in [-0.3, -0.25) is 9.69 Å². The highest BCUT2D eigenvalue weighted by molar-refractivity contribution is 5.84. The van der Waals surface area contributed by atoms with E-state index in [4.69, 9.17) is 4.74 Å². The fourth-order valence-corrected chi connectivity index (χ4v) is 4.24. The zero-order valence-electron chi connectivity index (χ0n) is 15.7. The summed E-state index contributed by atoms with van der Waals surface area (Å²) in [6, 6.07) is 10.9. The van der Waals surface area contributed by atoms with E-state index >= 15 is 0 Å². The molecule has 2 saturated heterocycles. The Morgan fingerprint density at radius 1 is 1.04 bits per heavy atom. The van der Waals surface area contributed by atoms with Crippen molar-refractivity contribution in [2.24, 2.45) is 5.92 Å². The molecule has 1 aromatic carbocycles. The number of nitrogens with zero attached hydrogens (tertiary/aromatic N) is 2. The van der Waals surface area contributed by atoms with Crippen LogP contribution in [0.2, 0.25) is 0 Å². The molecule has 1 amide bonds. The molecule has 1 atom stereocenters. The van der Waals surface area contributed by atoms with Gasteiger partial charge in [0, 0.05) is 45.4 Å². The molecule has 4 heteroatoms. The van der Waals surface area contributed by atoms with Crippen LogP contribution in [0.5, 0.6) is 0 Å². The van der Waals surface area contributed by atoms with Crippen molar-refractivity contribution in [1.29, 1.82) is 0 Å². The fraction of sp³-hybridized carbons (Fsp3) is 0.667. The van der Waals surface area contributed by atoms with Gasteiger partial charge in [0.25, 0.3) is 0 Å². The average molecular weight is 344 g/mol. The second kappa shape index (κ2) is 8.81. The molecule has 138 valence electrons. The van der Waals surface area contributed by atoms with Gasteiger partial charge in [-0.25, -0.2) is 0 Å². The summed E-state index contributed by atoms with van der Waals surface area (Å²) in [4.78, 5) is 18.0. The fourth-order valence-electron chi connectivity index (χ4n) is 4.24. The summed E-state index contributed by atoms with van der Waals surface area (Å²) in [5, 5.41) is 0. The molecular weight excluding hydrogens is 312 g/mol. The van der Waals surface area contributed by atoms with Gasteiger partial charge < -0.3 is 9.64 Å². The SMILES string of the molecule is CC(C)C(C(=O)N1CCCN(C2CCOCC2)CC1)c1ccccc1. The van der Waals surface area contributed by atoms with Crippen molar-refractivity contribution < 1.29 is 9.53 Å². The highest BCUT2D eigenvalue weighted by Gasteiger charge is 2.31. The molecule has 4 nitrogen and oxygen atoms in total. The minimum absolute atomic E-state index is 0.0316. The summed E-state index contributed by atoms with van der Waals surface area (Å²) >= 11 is 0. The lowest BCUT2D eigenvalue weighted by atomic mass is 9.87. The number of rotatable bonds is 4. The van der Waals surface area contributed by atoms with Crippen molar-refractivity contribution in [3.63, 3.8) is 0 Å². The van der Waals surface area contributed by atoms with E-state index in [2.05, 4.69) is 35.8 Å². The van der Waals surface area contributed by atoms with Crippen molar-refractivity contribution in [2.45, 2.75) is 45.1 Å². The van der Waals surface area contributed by atoms with Crippen LogP contribution in [0.3, 0.4) is 0 Å². The van der Waals surface area contributed by atoms with Gasteiger partial charge in [0.1, 0.15) is 0 Å². The van der Waals surface area contributed by atoms with Gasteiger partial charge >= 0.3 is 0 Å². The summed E-state index contributed by atoms with van der Waals surface area (Å²) in [5.74, 6) is 0.579. The summed E-state index contributed by atoms with van der Waals surface area (Å²) in [6.07, 6.45) is 3.34. The van der Waals surface area contributed by atoms with Crippen LogP contribution in [0, 0.1) is 5.92 Å². The first kappa shape index (κ1) is 18.4. The Morgan fingerprint density at radius 3 is 2.44 bits per heavy atom. The van der Waals surface area contributed by atoms with Crippen LogP contribution in [-0.2, 0) is 9.53 Å². The number of benzene rings is 1. The Kier molecular flexibility index (Phi) is 6.49. The molecule has 0 bridgehead atoms. The van der Waals surface area contributed by atoms with Crippen molar-refractivity contribution in [2.75, 3.05) is 39.4 Å². The largest absolute Gasteiger partial charge is 0.381 e. The Morgan fingerprint density at radius 2 is 1.76 bits per heavy atom. The number of hydrogen-bond donors (Lipinski definition) is 0. The van der Waals surface area contributed by atoms with Crippen LogP contribution in [0.15, 0.2) is 30.3 Å². The predicted octanol–water partition coefficient (Wildman–Crippen LogP) is 3.14. The summed E-state index contributed by atoms with van der Waals surface area (Å²) < 4.78 is 5.50. The molecule has 0 aliphatic carbocycles. The first-order valence-corrected chi connectivity index (χ1v) is 9.82. The molecule has 2 aliphatic heterocycles. The van der Waals surface area contributed by atoms with Crippen molar-refractivity contribution in [3.05, 3.63) is 35.9 Å². The summed E-state index contributed by atoms with van der Waals surface area (Å²) in [5.41, 5.74) is 1.15. The van der Waals surface area contributed by atoms with Gasteiger partial charge in [0.05, 0.1) is 5.92 Å². The average Bonchev–Trinajstić information content (AvgIpc) is 2.89.